The summed E-state index contributed by atoms with van der Waals surface area (Å²) in [5, 5.41) is 0. The van der Waals surface area contributed by atoms with Crippen molar-refractivity contribution in [3.63, 3.8) is 0 Å². The second-order valence-corrected chi connectivity index (χ2v) is 5.86. The van der Waals surface area contributed by atoms with Gasteiger partial charge in [0.1, 0.15) is 0 Å². The molecule has 0 bridgehead atoms. The standard InChI is InChI=1S/C14H30/c1-8-13(6,9-2)11-14(7,10-3)12(4)5/h12H,8-11H2,1-7H3. The van der Waals surface area contributed by atoms with Crippen molar-refractivity contribution < 1.29 is 0 Å². The Labute approximate surface area is 91.5 Å². The van der Waals surface area contributed by atoms with E-state index >= 15 is 0 Å². The van der Waals surface area contributed by atoms with Gasteiger partial charge in [-0.25, -0.2) is 0 Å². The number of hydrogen-bond acceptors (Lipinski definition) is 0. The number of rotatable bonds is 6. The Morgan fingerprint density at radius 2 is 1.29 bits per heavy atom. The second-order valence-electron chi connectivity index (χ2n) is 5.86. The molecule has 1 atom stereocenters. The maximum absolute atomic E-state index is 2.46. The molecule has 0 aliphatic carbocycles. The Kier molecular flexibility index (Phi) is 5.19. The van der Waals surface area contributed by atoms with Crippen molar-refractivity contribution in [1.82, 2.24) is 0 Å². The molecular formula is C14H30. The van der Waals surface area contributed by atoms with Crippen LogP contribution in [0.1, 0.15) is 74.1 Å². The Balaban J connectivity index is 4.59. The minimum Gasteiger partial charge on any atom is -0.0649 e. The molecule has 14 heavy (non-hydrogen) atoms. The van der Waals surface area contributed by atoms with Gasteiger partial charge in [-0.3, -0.25) is 0 Å². The van der Waals surface area contributed by atoms with Gasteiger partial charge < -0.3 is 0 Å². The van der Waals surface area contributed by atoms with Gasteiger partial charge in [-0.2, -0.15) is 0 Å². The zero-order valence-electron chi connectivity index (χ0n) is 11.4. The van der Waals surface area contributed by atoms with Crippen molar-refractivity contribution in [1.29, 1.82) is 0 Å². The summed E-state index contributed by atoms with van der Waals surface area (Å²) >= 11 is 0. The molecule has 0 spiro atoms. The molecule has 0 saturated heterocycles. The number of hydrogen-bond donors (Lipinski definition) is 0. The summed E-state index contributed by atoms with van der Waals surface area (Å²) < 4.78 is 0. The van der Waals surface area contributed by atoms with Crippen LogP contribution in [0.3, 0.4) is 0 Å². The van der Waals surface area contributed by atoms with Gasteiger partial charge in [-0.15, -0.1) is 0 Å². The lowest BCUT2D eigenvalue weighted by atomic mass is 9.64. The van der Waals surface area contributed by atoms with Crippen LogP contribution in [-0.2, 0) is 0 Å². The van der Waals surface area contributed by atoms with E-state index in [1.165, 1.54) is 25.7 Å². The van der Waals surface area contributed by atoms with Crippen molar-refractivity contribution in [3.8, 4) is 0 Å². The van der Waals surface area contributed by atoms with Gasteiger partial charge in [0, 0.05) is 0 Å². The van der Waals surface area contributed by atoms with Crippen LogP contribution in [0, 0.1) is 16.7 Å². The molecule has 86 valence electrons. The first-order valence-corrected chi connectivity index (χ1v) is 6.33. The predicted molar refractivity (Wildman–Crippen MR) is 66.5 cm³/mol. The fourth-order valence-corrected chi connectivity index (χ4v) is 2.21. The van der Waals surface area contributed by atoms with Crippen molar-refractivity contribution in [2.75, 3.05) is 0 Å². The molecule has 0 aliphatic heterocycles. The molecule has 0 heterocycles. The molecule has 0 saturated carbocycles. The molecule has 0 heteroatoms. The quantitative estimate of drug-likeness (QED) is 0.545. The SMILES string of the molecule is CCC(C)(CC)CC(C)(CC)C(C)C. The van der Waals surface area contributed by atoms with Crippen LogP contribution in [0.2, 0.25) is 0 Å². The average Bonchev–Trinajstić information content (AvgIpc) is 2.17. The Morgan fingerprint density at radius 1 is 0.857 bits per heavy atom. The van der Waals surface area contributed by atoms with Gasteiger partial charge in [0.15, 0.2) is 0 Å². The minimum atomic E-state index is 0.529. The summed E-state index contributed by atoms with van der Waals surface area (Å²) in [6, 6.07) is 0. The largest absolute Gasteiger partial charge is 0.0649 e. The molecule has 0 fully saturated rings. The first kappa shape index (κ1) is 14.0. The van der Waals surface area contributed by atoms with Gasteiger partial charge >= 0.3 is 0 Å². The first-order valence-electron chi connectivity index (χ1n) is 6.33. The molecule has 0 rings (SSSR count). The molecule has 0 nitrogen and oxygen atoms in total. The van der Waals surface area contributed by atoms with Crippen LogP contribution in [0.4, 0.5) is 0 Å². The summed E-state index contributed by atoms with van der Waals surface area (Å²) in [6.07, 6.45) is 5.30. The Hall–Kier alpha value is 0. The highest BCUT2D eigenvalue weighted by atomic mass is 14.4. The van der Waals surface area contributed by atoms with E-state index in [0.29, 0.717) is 10.8 Å². The van der Waals surface area contributed by atoms with E-state index in [1.807, 2.05) is 0 Å². The fourth-order valence-electron chi connectivity index (χ4n) is 2.21. The van der Waals surface area contributed by atoms with Gasteiger partial charge in [0.05, 0.1) is 0 Å². The molecule has 0 N–H and O–H groups in total. The lowest BCUT2D eigenvalue weighted by Crippen LogP contribution is -2.30. The third-order valence-electron chi connectivity index (χ3n) is 4.74. The van der Waals surface area contributed by atoms with Crippen LogP contribution < -0.4 is 0 Å². The van der Waals surface area contributed by atoms with Crippen LogP contribution >= 0.6 is 0 Å². The van der Waals surface area contributed by atoms with E-state index in [1.54, 1.807) is 0 Å². The molecule has 0 aromatic carbocycles. The normalized spacial score (nSPS) is 17.1. The van der Waals surface area contributed by atoms with Crippen LogP contribution in [0.15, 0.2) is 0 Å². The highest BCUT2D eigenvalue weighted by Gasteiger charge is 2.34. The smallest absolute Gasteiger partial charge is 0.0300 e. The molecule has 0 amide bonds. The summed E-state index contributed by atoms with van der Waals surface area (Å²) in [4.78, 5) is 0. The van der Waals surface area contributed by atoms with Gasteiger partial charge in [0.2, 0.25) is 0 Å². The van der Waals surface area contributed by atoms with Crippen LogP contribution in [0.25, 0.3) is 0 Å². The van der Waals surface area contributed by atoms with E-state index in [4.69, 9.17) is 0 Å². The fraction of sp³-hybridized carbons (Fsp3) is 1.00. The highest BCUT2D eigenvalue weighted by molar-refractivity contribution is 4.84. The maximum Gasteiger partial charge on any atom is -0.0300 e. The second kappa shape index (κ2) is 5.19. The summed E-state index contributed by atoms with van der Waals surface area (Å²) in [5.74, 6) is 0.796. The first-order chi connectivity index (χ1) is 6.33. The topological polar surface area (TPSA) is 0 Å². The Morgan fingerprint density at radius 3 is 1.50 bits per heavy atom. The molecule has 0 radical (unpaired) electrons. The van der Waals surface area contributed by atoms with Crippen molar-refractivity contribution in [2.24, 2.45) is 16.7 Å². The maximum atomic E-state index is 2.46. The third-order valence-corrected chi connectivity index (χ3v) is 4.74. The van der Waals surface area contributed by atoms with Crippen molar-refractivity contribution in [2.45, 2.75) is 74.1 Å². The zero-order chi connectivity index (χ0) is 11.4. The van der Waals surface area contributed by atoms with Crippen LogP contribution in [-0.4, -0.2) is 0 Å². The van der Waals surface area contributed by atoms with Gasteiger partial charge in [0.25, 0.3) is 0 Å². The van der Waals surface area contributed by atoms with E-state index in [-0.39, 0.29) is 0 Å². The van der Waals surface area contributed by atoms with Crippen molar-refractivity contribution in [3.05, 3.63) is 0 Å². The minimum absolute atomic E-state index is 0.529. The summed E-state index contributed by atoms with van der Waals surface area (Å²) in [7, 11) is 0. The molecule has 1 unspecified atom stereocenters. The average molecular weight is 198 g/mol. The van der Waals surface area contributed by atoms with E-state index in [9.17, 15) is 0 Å². The van der Waals surface area contributed by atoms with E-state index < -0.39 is 0 Å². The molecule has 0 aliphatic rings. The van der Waals surface area contributed by atoms with Gasteiger partial charge in [-0.05, 0) is 23.2 Å². The van der Waals surface area contributed by atoms with E-state index in [0.717, 1.165) is 5.92 Å². The zero-order valence-corrected chi connectivity index (χ0v) is 11.4. The monoisotopic (exact) mass is 198 g/mol. The summed E-state index contributed by atoms with van der Waals surface area (Å²) in [5.41, 5.74) is 1.08. The Bertz CT molecular complexity index is 153. The van der Waals surface area contributed by atoms with Crippen molar-refractivity contribution >= 4 is 0 Å². The molecule has 0 aromatic heterocycles. The predicted octanol–water partition coefficient (Wildman–Crippen LogP) is 5.28. The third kappa shape index (κ3) is 3.29. The lowest BCUT2D eigenvalue weighted by Gasteiger charge is -2.41. The van der Waals surface area contributed by atoms with Crippen LogP contribution in [0.5, 0.6) is 0 Å². The van der Waals surface area contributed by atoms with Gasteiger partial charge in [-0.1, -0.05) is 67.7 Å². The van der Waals surface area contributed by atoms with E-state index in [2.05, 4.69) is 48.5 Å². The molecule has 0 aromatic rings. The molecular weight excluding hydrogens is 168 g/mol. The highest BCUT2D eigenvalue weighted by Crippen LogP contribution is 2.45. The lowest BCUT2D eigenvalue weighted by molar-refractivity contribution is 0.0964. The summed E-state index contributed by atoms with van der Waals surface area (Å²) in [6.45, 7) is 16.7.